The van der Waals surface area contributed by atoms with Crippen LogP contribution in [0, 0.1) is 35.0 Å². The highest BCUT2D eigenvalue weighted by atomic mass is 19.2. The summed E-state index contributed by atoms with van der Waals surface area (Å²) in [5.41, 5.74) is -0.824. The van der Waals surface area contributed by atoms with Crippen LogP contribution in [0.25, 0.3) is 0 Å². The monoisotopic (exact) mass is 280 g/mol. The Bertz CT molecular complexity index is 462. The lowest BCUT2D eigenvalue weighted by atomic mass is 10.1. The van der Waals surface area contributed by atoms with Crippen molar-refractivity contribution in [2.75, 3.05) is 31.6 Å². The van der Waals surface area contributed by atoms with Crippen LogP contribution in [0.15, 0.2) is 0 Å². The SMILES string of the molecule is CNCC1CCN(c2c(F)c(F)c(F)c(F)c2F)C1. The summed E-state index contributed by atoms with van der Waals surface area (Å²) in [4.78, 5) is 1.21. The van der Waals surface area contributed by atoms with Crippen molar-refractivity contribution in [1.29, 1.82) is 0 Å². The molecule has 1 aromatic carbocycles. The Morgan fingerprint density at radius 3 is 2.05 bits per heavy atom. The van der Waals surface area contributed by atoms with Crippen LogP contribution in [0.5, 0.6) is 0 Å². The molecule has 0 amide bonds. The molecule has 1 N–H and O–H groups in total. The zero-order valence-corrected chi connectivity index (χ0v) is 10.2. The largest absolute Gasteiger partial charge is 0.366 e. The minimum absolute atomic E-state index is 0.125. The van der Waals surface area contributed by atoms with E-state index < -0.39 is 34.8 Å². The maximum absolute atomic E-state index is 13.6. The zero-order chi connectivity index (χ0) is 14.2. The summed E-state index contributed by atoms with van der Waals surface area (Å²) in [6.07, 6.45) is 0.639. The molecule has 1 fully saturated rings. The van der Waals surface area contributed by atoms with E-state index in [0.717, 1.165) is 0 Å². The summed E-state index contributed by atoms with van der Waals surface area (Å²) in [7, 11) is 1.74. The second-order valence-corrected chi connectivity index (χ2v) is 4.58. The minimum Gasteiger partial charge on any atom is -0.366 e. The Morgan fingerprint density at radius 2 is 1.53 bits per heavy atom. The van der Waals surface area contributed by atoms with Crippen LogP contribution < -0.4 is 10.2 Å². The van der Waals surface area contributed by atoms with E-state index in [1.54, 1.807) is 7.05 Å². The Labute approximate surface area is 107 Å². The highest BCUT2D eigenvalue weighted by Crippen LogP contribution is 2.33. The fourth-order valence-electron chi connectivity index (χ4n) is 2.36. The Morgan fingerprint density at radius 1 is 1.00 bits per heavy atom. The van der Waals surface area contributed by atoms with Gasteiger partial charge in [-0.25, -0.2) is 22.0 Å². The van der Waals surface area contributed by atoms with Crippen molar-refractivity contribution in [3.8, 4) is 0 Å². The molecule has 0 radical (unpaired) electrons. The van der Waals surface area contributed by atoms with E-state index in [0.29, 0.717) is 13.0 Å². The standard InChI is InChI=1S/C12H13F5N2/c1-18-4-6-2-3-19(5-6)12-10(16)8(14)7(13)9(15)11(12)17/h6,18H,2-5H2,1H3. The molecule has 0 aromatic heterocycles. The second-order valence-electron chi connectivity index (χ2n) is 4.58. The van der Waals surface area contributed by atoms with Gasteiger partial charge in [0.25, 0.3) is 0 Å². The molecule has 2 rings (SSSR count). The van der Waals surface area contributed by atoms with Crippen LogP contribution in [-0.2, 0) is 0 Å². The van der Waals surface area contributed by atoms with Crippen LogP contribution >= 0.6 is 0 Å². The first-order valence-corrected chi connectivity index (χ1v) is 5.88. The molecule has 0 bridgehead atoms. The number of nitrogens with zero attached hydrogens (tertiary/aromatic N) is 1. The van der Waals surface area contributed by atoms with Crippen LogP contribution in [0.4, 0.5) is 27.6 Å². The van der Waals surface area contributed by atoms with Crippen LogP contribution in [0.3, 0.4) is 0 Å². The van der Waals surface area contributed by atoms with Crippen LogP contribution in [-0.4, -0.2) is 26.7 Å². The number of hydrogen-bond donors (Lipinski definition) is 1. The molecule has 0 spiro atoms. The van der Waals surface area contributed by atoms with E-state index in [1.807, 2.05) is 0 Å². The van der Waals surface area contributed by atoms with Gasteiger partial charge in [-0.05, 0) is 25.9 Å². The molecule has 1 aliphatic rings. The first-order valence-electron chi connectivity index (χ1n) is 5.88. The zero-order valence-electron chi connectivity index (χ0n) is 10.2. The van der Waals surface area contributed by atoms with E-state index in [2.05, 4.69) is 5.32 Å². The molecule has 1 atom stereocenters. The topological polar surface area (TPSA) is 15.3 Å². The number of halogens is 5. The highest BCUT2D eigenvalue weighted by Gasteiger charge is 2.32. The van der Waals surface area contributed by atoms with E-state index in [4.69, 9.17) is 0 Å². The first-order chi connectivity index (χ1) is 8.97. The van der Waals surface area contributed by atoms with Crippen molar-refractivity contribution < 1.29 is 22.0 Å². The number of nitrogens with one attached hydrogen (secondary N) is 1. The molecule has 19 heavy (non-hydrogen) atoms. The van der Waals surface area contributed by atoms with Gasteiger partial charge in [-0.1, -0.05) is 0 Å². The molecule has 2 nitrogen and oxygen atoms in total. The highest BCUT2D eigenvalue weighted by molar-refractivity contribution is 5.51. The van der Waals surface area contributed by atoms with Crippen molar-refractivity contribution >= 4 is 5.69 Å². The molecule has 106 valence electrons. The van der Waals surface area contributed by atoms with Crippen molar-refractivity contribution in [2.24, 2.45) is 5.92 Å². The second kappa shape index (κ2) is 5.32. The van der Waals surface area contributed by atoms with Gasteiger partial charge in [0.15, 0.2) is 23.3 Å². The van der Waals surface area contributed by atoms with Crippen molar-refractivity contribution in [2.45, 2.75) is 6.42 Å². The predicted molar refractivity (Wildman–Crippen MR) is 60.5 cm³/mol. The maximum Gasteiger partial charge on any atom is 0.200 e. The maximum atomic E-state index is 13.6. The minimum atomic E-state index is -2.12. The van der Waals surface area contributed by atoms with Gasteiger partial charge in [0.1, 0.15) is 5.69 Å². The Kier molecular flexibility index (Phi) is 3.93. The quantitative estimate of drug-likeness (QED) is 0.520. The van der Waals surface area contributed by atoms with E-state index in [9.17, 15) is 22.0 Å². The Hall–Kier alpha value is -1.37. The van der Waals surface area contributed by atoms with Crippen molar-refractivity contribution in [3.63, 3.8) is 0 Å². The van der Waals surface area contributed by atoms with Crippen molar-refractivity contribution in [1.82, 2.24) is 5.32 Å². The van der Waals surface area contributed by atoms with Gasteiger partial charge in [-0.3, -0.25) is 0 Å². The molecule has 1 unspecified atom stereocenters. The lowest BCUT2D eigenvalue weighted by molar-refractivity contribution is 0.378. The Balaban J connectivity index is 2.36. The van der Waals surface area contributed by atoms with Crippen molar-refractivity contribution in [3.05, 3.63) is 29.1 Å². The molecule has 7 heteroatoms. The van der Waals surface area contributed by atoms with Gasteiger partial charge in [-0.15, -0.1) is 0 Å². The van der Waals surface area contributed by atoms with E-state index in [-0.39, 0.29) is 19.0 Å². The van der Waals surface area contributed by atoms with Gasteiger partial charge in [0.05, 0.1) is 0 Å². The molecule has 1 aromatic rings. The third-order valence-corrected chi connectivity index (χ3v) is 3.28. The summed E-state index contributed by atoms with van der Waals surface area (Å²) in [6.45, 7) is 1.16. The lowest BCUT2D eigenvalue weighted by Gasteiger charge is -2.20. The molecular formula is C12H13F5N2. The van der Waals surface area contributed by atoms with Crippen LogP contribution in [0.1, 0.15) is 6.42 Å². The number of hydrogen-bond acceptors (Lipinski definition) is 2. The third-order valence-electron chi connectivity index (χ3n) is 3.28. The lowest BCUT2D eigenvalue weighted by Crippen LogP contribution is -2.26. The van der Waals surface area contributed by atoms with E-state index >= 15 is 0 Å². The van der Waals surface area contributed by atoms with Gasteiger partial charge in [0.2, 0.25) is 5.82 Å². The van der Waals surface area contributed by atoms with E-state index in [1.165, 1.54) is 4.90 Å². The molecular weight excluding hydrogens is 267 g/mol. The van der Waals surface area contributed by atoms with Gasteiger partial charge >= 0.3 is 0 Å². The summed E-state index contributed by atoms with van der Waals surface area (Å²) in [5.74, 6) is -9.32. The third kappa shape index (κ3) is 2.39. The average Bonchev–Trinajstić information content (AvgIpc) is 2.83. The summed E-state index contributed by atoms with van der Waals surface area (Å²) in [6, 6.07) is 0. The number of rotatable bonds is 3. The fraction of sp³-hybridized carbons (Fsp3) is 0.500. The normalized spacial score (nSPS) is 19.3. The van der Waals surface area contributed by atoms with Gasteiger partial charge < -0.3 is 10.2 Å². The smallest absolute Gasteiger partial charge is 0.200 e. The molecule has 1 heterocycles. The van der Waals surface area contributed by atoms with Gasteiger partial charge in [0, 0.05) is 13.1 Å². The van der Waals surface area contributed by atoms with Gasteiger partial charge in [-0.2, -0.15) is 0 Å². The molecule has 0 saturated carbocycles. The molecule has 0 aliphatic carbocycles. The molecule has 1 saturated heterocycles. The molecule has 1 aliphatic heterocycles. The average molecular weight is 280 g/mol. The predicted octanol–water partition coefficient (Wildman–Crippen LogP) is 2.43. The summed E-state index contributed by atoms with van der Waals surface area (Å²) >= 11 is 0. The summed E-state index contributed by atoms with van der Waals surface area (Å²) in [5, 5.41) is 2.92. The first kappa shape index (κ1) is 14.0. The fourth-order valence-corrected chi connectivity index (χ4v) is 2.36. The number of anilines is 1. The summed E-state index contributed by atoms with van der Waals surface area (Å²) < 4.78 is 66.3. The number of benzene rings is 1. The van der Waals surface area contributed by atoms with Crippen LogP contribution in [0.2, 0.25) is 0 Å².